The lowest BCUT2D eigenvalue weighted by atomic mass is 9.99. The zero-order valence-electron chi connectivity index (χ0n) is 9.54. The van der Waals surface area contributed by atoms with Crippen molar-refractivity contribution in [2.75, 3.05) is 7.11 Å². The van der Waals surface area contributed by atoms with Gasteiger partial charge in [0.1, 0.15) is 5.75 Å². The number of methoxy groups -OCH3 is 1. The maximum absolute atomic E-state index is 9.59. The smallest absolute Gasteiger partial charge is 0.125 e. The summed E-state index contributed by atoms with van der Waals surface area (Å²) in [6.45, 7) is 5.99. The maximum Gasteiger partial charge on any atom is 0.125 e. The SMILES string of the molecule is COc1cc(C(C)C)c(Br)cc1C(C)O. The first-order chi connectivity index (χ1) is 6.97. The van der Waals surface area contributed by atoms with Crippen molar-refractivity contribution < 1.29 is 9.84 Å². The maximum atomic E-state index is 9.59. The Labute approximate surface area is 99.4 Å². The number of aliphatic hydroxyl groups excluding tert-OH is 1. The first-order valence-corrected chi connectivity index (χ1v) is 5.82. The zero-order valence-corrected chi connectivity index (χ0v) is 11.1. The Morgan fingerprint density at radius 3 is 2.20 bits per heavy atom. The molecule has 1 rings (SSSR count). The minimum atomic E-state index is -0.516. The molecule has 0 bridgehead atoms. The molecule has 0 radical (unpaired) electrons. The van der Waals surface area contributed by atoms with Gasteiger partial charge in [0.05, 0.1) is 13.2 Å². The van der Waals surface area contributed by atoms with Crippen LogP contribution in [0.4, 0.5) is 0 Å². The molecule has 1 aromatic carbocycles. The summed E-state index contributed by atoms with van der Waals surface area (Å²) in [6, 6.07) is 3.91. The second-order valence-electron chi connectivity index (χ2n) is 3.95. The summed E-state index contributed by atoms with van der Waals surface area (Å²) in [6.07, 6.45) is -0.516. The van der Waals surface area contributed by atoms with Gasteiger partial charge >= 0.3 is 0 Å². The van der Waals surface area contributed by atoms with E-state index < -0.39 is 6.10 Å². The third-order valence-electron chi connectivity index (χ3n) is 2.42. The molecule has 0 aliphatic carbocycles. The molecule has 1 atom stereocenters. The van der Waals surface area contributed by atoms with Gasteiger partial charge in [0, 0.05) is 10.0 Å². The van der Waals surface area contributed by atoms with Gasteiger partial charge in [-0.1, -0.05) is 29.8 Å². The van der Waals surface area contributed by atoms with Crippen LogP contribution in [0, 0.1) is 0 Å². The van der Waals surface area contributed by atoms with E-state index in [-0.39, 0.29) is 0 Å². The third kappa shape index (κ3) is 2.73. The normalized spacial score (nSPS) is 13.0. The third-order valence-corrected chi connectivity index (χ3v) is 3.11. The highest BCUT2D eigenvalue weighted by Gasteiger charge is 2.14. The fourth-order valence-corrected chi connectivity index (χ4v) is 2.35. The Hall–Kier alpha value is -0.540. The van der Waals surface area contributed by atoms with Crippen molar-refractivity contribution >= 4 is 15.9 Å². The van der Waals surface area contributed by atoms with Crippen LogP contribution in [0.25, 0.3) is 0 Å². The number of hydrogen-bond acceptors (Lipinski definition) is 2. The molecule has 3 heteroatoms. The summed E-state index contributed by atoms with van der Waals surface area (Å²) in [7, 11) is 1.62. The van der Waals surface area contributed by atoms with E-state index in [4.69, 9.17) is 4.74 Å². The Morgan fingerprint density at radius 1 is 1.20 bits per heavy atom. The lowest BCUT2D eigenvalue weighted by Crippen LogP contribution is -2.00. The summed E-state index contributed by atoms with van der Waals surface area (Å²) in [4.78, 5) is 0. The van der Waals surface area contributed by atoms with Crippen molar-refractivity contribution in [1.29, 1.82) is 0 Å². The van der Waals surface area contributed by atoms with E-state index >= 15 is 0 Å². The molecular formula is C12H17BrO2. The van der Waals surface area contributed by atoms with Gasteiger partial charge in [0.15, 0.2) is 0 Å². The molecule has 0 aromatic heterocycles. The van der Waals surface area contributed by atoms with Gasteiger partial charge in [0.25, 0.3) is 0 Å². The van der Waals surface area contributed by atoms with Crippen LogP contribution in [0.2, 0.25) is 0 Å². The first kappa shape index (κ1) is 12.5. The van der Waals surface area contributed by atoms with Crippen LogP contribution in [0.3, 0.4) is 0 Å². The summed E-state index contributed by atoms with van der Waals surface area (Å²) in [5.74, 6) is 1.17. The minimum absolute atomic E-state index is 0.427. The largest absolute Gasteiger partial charge is 0.496 e. The van der Waals surface area contributed by atoms with Crippen molar-refractivity contribution in [3.8, 4) is 5.75 Å². The molecule has 0 saturated carbocycles. The van der Waals surface area contributed by atoms with Gasteiger partial charge in [-0.15, -0.1) is 0 Å². The molecule has 0 amide bonds. The van der Waals surface area contributed by atoms with Crippen LogP contribution >= 0.6 is 15.9 Å². The van der Waals surface area contributed by atoms with Gasteiger partial charge in [-0.25, -0.2) is 0 Å². The van der Waals surface area contributed by atoms with E-state index in [9.17, 15) is 5.11 Å². The van der Waals surface area contributed by atoms with Gasteiger partial charge in [0.2, 0.25) is 0 Å². The minimum Gasteiger partial charge on any atom is -0.496 e. The van der Waals surface area contributed by atoms with Crippen LogP contribution < -0.4 is 4.74 Å². The van der Waals surface area contributed by atoms with Crippen LogP contribution in [-0.4, -0.2) is 12.2 Å². The van der Waals surface area contributed by atoms with Crippen molar-refractivity contribution in [2.45, 2.75) is 32.8 Å². The second kappa shape index (κ2) is 4.99. The fourth-order valence-electron chi connectivity index (χ4n) is 1.53. The molecule has 0 fully saturated rings. The van der Waals surface area contributed by atoms with E-state index in [0.29, 0.717) is 5.92 Å². The fraction of sp³-hybridized carbons (Fsp3) is 0.500. The molecule has 15 heavy (non-hydrogen) atoms. The second-order valence-corrected chi connectivity index (χ2v) is 4.80. The van der Waals surface area contributed by atoms with Crippen molar-refractivity contribution in [3.63, 3.8) is 0 Å². The monoisotopic (exact) mass is 272 g/mol. The Morgan fingerprint density at radius 2 is 1.80 bits per heavy atom. The van der Waals surface area contributed by atoms with Crippen LogP contribution in [-0.2, 0) is 0 Å². The van der Waals surface area contributed by atoms with Crippen LogP contribution in [0.5, 0.6) is 5.75 Å². The van der Waals surface area contributed by atoms with Crippen LogP contribution in [0.15, 0.2) is 16.6 Å². The molecule has 2 nitrogen and oxygen atoms in total. The standard InChI is InChI=1S/C12H17BrO2/c1-7(2)9-6-12(15-4)10(8(3)14)5-11(9)13/h5-8,14H,1-4H3. The lowest BCUT2D eigenvalue weighted by Gasteiger charge is -2.16. The Kier molecular flexibility index (Phi) is 4.17. The van der Waals surface area contributed by atoms with Gasteiger partial charge < -0.3 is 9.84 Å². The molecule has 0 aliphatic heterocycles. The summed E-state index contributed by atoms with van der Waals surface area (Å²) in [5, 5.41) is 9.59. The van der Waals surface area contributed by atoms with E-state index in [1.807, 2.05) is 12.1 Å². The molecule has 0 saturated heterocycles. The number of aliphatic hydroxyl groups is 1. The number of halogens is 1. The molecule has 1 aromatic rings. The van der Waals surface area contributed by atoms with Gasteiger partial charge in [-0.3, -0.25) is 0 Å². The average molecular weight is 273 g/mol. The lowest BCUT2D eigenvalue weighted by molar-refractivity contribution is 0.194. The summed E-state index contributed by atoms with van der Waals surface area (Å²) in [5.41, 5.74) is 2.00. The summed E-state index contributed by atoms with van der Waals surface area (Å²) < 4.78 is 6.29. The molecule has 0 heterocycles. The molecule has 84 valence electrons. The number of ether oxygens (including phenoxy) is 1. The van der Waals surface area contributed by atoms with Crippen molar-refractivity contribution in [3.05, 3.63) is 27.7 Å². The molecule has 0 spiro atoms. The quantitative estimate of drug-likeness (QED) is 0.911. The predicted octanol–water partition coefficient (Wildman–Crippen LogP) is 3.63. The van der Waals surface area contributed by atoms with Crippen molar-refractivity contribution in [2.24, 2.45) is 0 Å². The highest BCUT2D eigenvalue weighted by Crippen LogP contribution is 2.34. The zero-order chi connectivity index (χ0) is 11.6. The van der Waals surface area contributed by atoms with E-state index in [1.54, 1.807) is 14.0 Å². The predicted molar refractivity (Wildman–Crippen MR) is 65.4 cm³/mol. The average Bonchev–Trinajstić information content (AvgIpc) is 2.16. The van der Waals surface area contributed by atoms with Gasteiger partial charge in [-0.2, -0.15) is 0 Å². The Bertz CT molecular complexity index is 346. The number of hydrogen-bond donors (Lipinski definition) is 1. The summed E-state index contributed by atoms with van der Waals surface area (Å²) >= 11 is 3.51. The topological polar surface area (TPSA) is 29.5 Å². The van der Waals surface area contributed by atoms with Crippen molar-refractivity contribution in [1.82, 2.24) is 0 Å². The van der Waals surface area contributed by atoms with E-state index in [0.717, 1.165) is 15.8 Å². The van der Waals surface area contributed by atoms with Gasteiger partial charge in [-0.05, 0) is 30.5 Å². The van der Waals surface area contributed by atoms with Crippen LogP contribution in [0.1, 0.15) is 43.9 Å². The molecule has 1 unspecified atom stereocenters. The van der Waals surface area contributed by atoms with E-state index in [1.165, 1.54) is 5.56 Å². The molecular weight excluding hydrogens is 256 g/mol. The highest BCUT2D eigenvalue weighted by molar-refractivity contribution is 9.10. The van der Waals surface area contributed by atoms with E-state index in [2.05, 4.69) is 29.8 Å². The first-order valence-electron chi connectivity index (χ1n) is 5.02. The number of benzene rings is 1. The molecule has 1 N–H and O–H groups in total. The highest BCUT2D eigenvalue weighted by atomic mass is 79.9. The molecule has 0 aliphatic rings. The number of rotatable bonds is 3. The Balaban J connectivity index is 3.29.